The van der Waals surface area contributed by atoms with Crippen molar-refractivity contribution in [2.45, 2.75) is 44.6 Å². The van der Waals surface area contributed by atoms with Crippen LogP contribution in [0.25, 0.3) is 0 Å². The highest BCUT2D eigenvalue weighted by molar-refractivity contribution is 5.78. The van der Waals surface area contributed by atoms with Crippen LogP contribution in [-0.4, -0.2) is 59.6 Å². The molecule has 1 aliphatic rings. The van der Waals surface area contributed by atoms with Gasteiger partial charge in [0, 0.05) is 19.1 Å². The summed E-state index contributed by atoms with van der Waals surface area (Å²) in [6.45, 7) is 1.90. The molecule has 1 unspecified atom stereocenters. The number of likely N-dealkylation sites (tertiary alicyclic amines) is 1. The monoisotopic (exact) mass is 292 g/mol. The zero-order valence-electron chi connectivity index (χ0n) is 12.5. The van der Waals surface area contributed by atoms with Gasteiger partial charge in [0.15, 0.2) is 0 Å². The van der Waals surface area contributed by atoms with Crippen molar-refractivity contribution in [2.24, 2.45) is 0 Å². The van der Waals surface area contributed by atoms with Crippen LogP contribution < -0.4 is 0 Å². The highest BCUT2D eigenvalue weighted by atomic mass is 16.3. The molecule has 6 heteroatoms. The minimum absolute atomic E-state index is 0.0465. The van der Waals surface area contributed by atoms with Crippen LogP contribution in [-0.2, 0) is 4.79 Å². The number of amides is 1. The van der Waals surface area contributed by atoms with E-state index in [9.17, 15) is 9.90 Å². The summed E-state index contributed by atoms with van der Waals surface area (Å²) in [5.41, 5.74) is 0. The Bertz CT molecular complexity index is 381. The molecule has 6 nitrogen and oxygen atoms in total. The fraction of sp³-hybridized carbons (Fsp3) is 0.800. The molecular weight excluding hydrogens is 268 g/mol. The highest BCUT2D eigenvalue weighted by Gasteiger charge is 2.24. The minimum atomic E-state index is -0.0548. The van der Waals surface area contributed by atoms with Gasteiger partial charge >= 0.3 is 0 Å². The molecule has 116 valence electrons. The Morgan fingerprint density at radius 1 is 1.19 bits per heavy atom. The van der Waals surface area contributed by atoms with Gasteiger partial charge in [-0.05, 0) is 19.4 Å². The van der Waals surface area contributed by atoms with Crippen LogP contribution in [0.5, 0.6) is 0 Å². The molecule has 1 rings (SSSR count). The van der Waals surface area contributed by atoms with Gasteiger partial charge in [-0.3, -0.25) is 9.69 Å². The molecule has 0 aromatic carbocycles. The van der Waals surface area contributed by atoms with Gasteiger partial charge in [-0.2, -0.15) is 10.5 Å². The molecule has 0 aliphatic carbocycles. The van der Waals surface area contributed by atoms with Crippen molar-refractivity contribution >= 4 is 5.91 Å². The van der Waals surface area contributed by atoms with E-state index < -0.39 is 0 Å². The fourth-order valence-electron chi connectivity index (χ4n) is 2.66. The Labute approximate surface area is 126 Å². The summed E-state index contributed by atoms with van der Waals surface area (Å²) >= 11 is 0. The fourth-order valence-corrected chi connectivity index (χ4v) is 2.66. The van der Waals surface area contributed by atoms with Crippen molar-refractivity contribution in [1.29, 1.82) is 10.5 Å². The van der Waals surface area contributed by atoms with Crippen LogP contribution in [0.3, 0.4) is 0 Å². The molecule has 21 heavy (non-hydrogen) atoms. The molecule has 1 saturated heterocycles. The van der Waals surface area contributed by atoms with E-state index in [1.165, 1.54) is 0 Å². The molecular formula is C15H24N4O2. The molecule has 1 amide bonds. The van der Waals surface area contributed by atoms with Crippen LogP contribution in [0.2, 0.25) is 0 Å². The van der Waals surface area contributed by atoms with Gasteiger partial charge in [0.05, 0.1) is 38.1 Å². The molecule has 1 atom stereocenters. The van der Waals surface area contributed by atoms with E-state index in [1.54, 1.807) is 4.90 Å². The lowest BCUT2D eigenvalue weighted by Gasteiger charge is -2.30. The third-order valence-corrected chi connectivity index (χ3v) is 3.89. The SMILES string of the molecule is N#CCCN(CCC#N)C(=O)CN1CCCCCC1CO. The second-order valence-electron chi connectivity index (χ2n) is 5.35. The molecule has 0 saturated carbocycles. The number of carbonyl (C=O) groups is 1. The number of carbonyl (C=O) groups excluding carboxylic acids is 1. The van der Waals surface area contributed by atoms with Crippen molar-refractivity contribution in [1.82, 2.24) is 9.80 Å². The Kier molecular flexibility index (Phi) is 8.42. The third-order valence-electron chi connectivity index (χ3n) is 3.89. The zero-order valence-corrected chi connectivity index (χ0v) is 12.5. The molecule has 1 heterocycles. The van der Waals surface area contributed by atoms with Crippen LogP contribution in [0.1, 0.15) is 38.5 Å². The zero-order chi connectivity index (χ0) is 15.5. The van der Waals surface area contributed by atoms with Crippen LogP contribution in [0.4, 0.5) is 0 Å². The lowest BCUT2D eigenvalue weighted by molar-refractivity contribution is -0.133. The van der Waals surface area contributed by atoms with Gasteiger partial charge in [0.1, 0.15) is 0 Å². The largest absolute Gasteiger partial charge is 0.395 e. The maximum Gasteiger partial charge on any atom is 0.236 e. The predicted molar refractivity (Wildman–Crippen MR) is 78.0 cm³/mol. The van der Waals surface area contributed by atoms with E-state index in [0.717, 1.165) is 32.2 Å². The highest BCUT2D eigenvalue weighted by Crippen LogP contribution is 2.16. The Morgan fingerprint density at radius 3 is 2.43 bits per heavy atom. The maximum absolute atomic E-state index is 12.4. The molecule has 1 aliphatic heterocycles. The lowest BCUT2D eigenvalue weighted by Crippen LogP contribution is -2.46. The Balaban J connectivity index is 2.60. The average Bonchev–Trinajstić information content (AvgIpc) is 2.72. The first kappa shape index (κ1) is 17.4. The predicted octanol–water partition coefficient (Wildman–Crippen LogP) is 0.879. The first-order chi connectivity index (χ1) is 10.2. The van der Waals surface area contributed by atoms with Crippen molar-refractivity contribution in [3.05, 3.63) is 0 Å². The van der Waals surface area contributed by atoms with Gasteiger partial charge in [0.25, 0.3) is 0 Å². The first-order valence-corrected chi connectivity index (χ1v) is 7.59. The van der Waals surface area contributed by atoms with Gasteiger partial charge in [0.2, 0.25) is 5.91 Å². The summed E-state index contributed by atoms with van der Waals surface area (Å²) in [6, 6.07) is 4.11. The smallest absolute Gasteiger partial charge is 0.236 e. The molecule has 0 spiro atoms. The number of hydrogen-bond donors (Lipinski definition) is 1. The molecule has 0 radical (unpaired) electrons. The van der Waals surface area contributed by atoms with E-state index in [0.29, 0.717) is 13.1 Å². The summed E-state index contributed by atoms with van der Waals surface area (Å²) in [5, 5.41) is 26.8. The number of aliphatic hydroxyl groups excluding tert-OH is 1. The van der Waals surface area contributed by atoms with E-state index in [-0.39, 0.29) is 37.9 Å². The summed E-state index contributed by atoms with van der Waals surface area (Å²) < 4.78 is 0. The van der Waals surface area contributed by atoms with E-state index >= 15 is 0 Å². The van der Waals surface area contributed by atoms with E-state index in [1.807, 2.05) is 17.0 Å². The number of aliphatic hydroxyl groups is 1. The lowest BCUT2D eigenvalue weighted by atomic mass is 10.1. The van der Waals surface area contributed by atoms with E-state index in [4.69, 9.17) is 10.5 Å². The second kappa shape index (κ2) is 10.1. The molecule has 1 fully saturated rings. The minimum Gasteiger partial charge on any atom is -0.395 e. The van der Waals surface area contributed by atoms with Crippen molar-refractivity contribution in [3.63, 3.8) is 0 Å². The quantitative estimate of drug-likeness (QED) is 0.752. The van der Waals surface area contributed by atoms with Crippen molar-refractivity contribution < 1.29 is 9.90 Å². The first-order valence-electron chi connectivity index (χ1n) is 7.59. The molecule has 0 bridgehead atoms. The second-order valence-corrected chi connectivity index (χ2v) is 5.35. The van der Waals surface area contributed by atoms with Crippen LogP contribution >= 0.6 is 0 Å². The average molecular weight is 292 g/mol. The van der Waals surface area contributed by atoms with Crippen molar-refractivity contribution in [3.8, 4) is 12.1 Å². The Morgan fingerprint density at radius 2 is 1.86 bits per heavy atom. The molecule has 1 N–H and O–H groups in total. The number of nitriles is 2. The number of hydrogen-bond acceptors (Lipinski definition) is 5. The standard InChI is InChI=1S/C15H24N4O2/c16-7-4-10-18(11-5-8-17)15(21)12-19-9-3-1-2-6-14(19)13-20/h14,20H,1-6,9-13H2. The van der Waals surface area contributed by atoms with Crippen molar-refractivity contribution in [2.75, 3.05) is 32.8 Å². The molecule has 0 aromatic rings. The van der Waals surface area contributed by atoms with Crippen LogP contribution in [0.15, 0.2) is 0 Å². The normalized spacial score (nSPS) is 19.3. The van der Waals surface area contributed by atoms with Crippen LogP contribution in [0, 0.1) is 22.7 Å². The van der Waals surface area contributed by atoms with Gasteiger partial charge in [-0.25, -0.2) is 0 Å². The summed E-state index contributed by atoms with van der Waals surface area (Å²) in [5.74, 6) is -0.0548. The molecule has 0 aromatic heterocycles. The van der Waals surface area contributed by atoms with Gasteiger partial charge in [-0.1, -0.05) is 12.8 Å². The summed E-state index contributed by atoms with van der Waals surface area (Å²) in [7, 11) is 0. The number of nitrogens with zero attached hydrogens (tertiary/aromatic N) is 4. The third kappa shape index (κ3) is 6.12. The summed E-state index contributed by atoms with van der Waals surface area (Å²) in [6.07, 6.45) is 4.73. The maximum atomic E-state index is 12.4. The number of rotatable bonds is 7. The Hall–Kier alpha value is -1.63. The van der Waals surface area contributed by atoms with E-state index in [2.05, 4.69) is 0 Å². The topological polar surface area (TPSA) is 91.4 Å². The van der Waals surface area contributed by atoms with Gasteiger partial charge in [-0.15, -0.1) is 0 Å². The summed E-state index contributed by atoms with van der Waals surface area (Å²) in [4.78, 5) is 16.0. The van der Waals surface area contributed by atoms with Gasteiger partial charge < -0.3 is 10.0 Å².